The molecule has 3 fully saturated rings. The van der Waals surface area contributed by atoms with Gasteiger partial charge in [-0.2, -0.15) is 0 Å². The van der Waals surface area contributed by atoms with Crippen molar-refractivity contribution in [2.45, 2.75) is 19.3 Å². The highest BCUT2D eigenvalue weighted by atomic mass is 16.5. The predicted octanol–water partition coefficient (Wildman–Crippen LogP) is 0.747. The molecule has 2 aliphatic carbocycles. The Balaban J connectivity index is 1.64. The Morgan fingerprint density at radius 1 is 1.26 bits per heavy atom. The van der Waals surface area contributed by atoms with Gasteiger partial charge in [0.05, 0.1) is 18.4 Å². The third-order valence-electron chi connectivity index (χ3n) is 4.74. The monoisotopic (exact) mass is 263 g/mol. The topological polar surface area (TPSA) is 63.7 Å². The number of rotatable bonds is 4. The maximum Gasteiger partial charge on any atom is 0.330 e. The van der Waals surface area contributed by atoms with E-state index in [1.807, 2.05) is 0 Å². The third kappa shape index (κ3) is 1.79. The second-order valence-electron chi connectivity index (χ2n) is 5.58. The average molecular weight is 263 g/mol. The van der Waals surface area contributed by atoms with Gasteiger partial charge in [-0.15, -0.1) is 0 Å². The van der Waals surface area contributed by atoms with E-state index in [1.54, 1.807) is 0 Å². The molecular formula is C14H17NO4. The van der Waals surface area contributed by atoms with Crippen LogP contribution in [0.3, 0.4) is 0 Å². The highest BCUT2D eigenvalue weighted by Gasteiger charge is 2.60. The van der Waals surface area contributed by atoms with Crippen molar-refractivity contribution >= 4 is 17.8 Å². The van der Waals surface area contributed by atoms with Gasteiger partial charge in [-0.25, -0.2) is 4.79 Å². The highest BCUT2D eigenvalue weighted by molar-refractivity contribution is 6.06. The molecular weight excluding hydrogens is 246 g/mol. The van der Waals surface area contributed by atoms with Crippen LogP contribution in [-0.4, -0.2) is 35.8 Å². The first-order valence-electron chi connectivity index (χ1n) is 6.78. The molecule has 102 valence electrons. The molecule has 19 heavy (non-hydrogen) atoms. The summed E-state index contributed by atoms with van der Waals surface area (Å²) >= 11 is 0. The van der Waals surface area contributed by atoms with E-state index in [-0.39, 0.29) is 36.8 Å². The predicted molar refractivity (Wildman–Crippen MR) is 65.7 cm³/mol. The number of esters is 1. The van der Waals surface area contributed by atoms with Crippen LogP contribution in [0.2, 0.25) is 0 Å². The van der Waals surface area contributed by atoms with Gasteiger partial charge in [0.15, 0.2) is 0 Å². The van der Waals surface area contributed by atoms with E-state index in [2.05, 4.69) is 6.58 Å². The van der Waals surface area contributed by atoms with E-state index in [0.717, 1.165) is 25.3 Å². The molecule has 0 unspecified atom stereocenters. The minimum Gasteiger partial charge on any atom is -0.461 e. The van der Waals surface area contributed by atoms with E-state index >= 15 is 0 Å². The highest BCUT2D eigenvalue weighted by Crippen LogP contribution is 2.55. The van der Waals surface area contributed by atoms with Gasteiger partial charge in [-0.05, 0) is 31.1 Å². The van der Waals surface area contributed by atoms with Gasteiger partial charge in [-0.3, -0.25) is 14.5 Å². The Kier molecular flexibility index (Phi) is 2.92. The Hall–Kier alpha value is -1.65. The van der Waals surface area contributed by atoms with Gasteiger partial charge >= 0.3 is 5.97 Å². The molecule has 0 aromatic rings. The maximum atomic E-state index is 12.3. The summed E-state index contributed by atoms with van der Waals surface area (Å²) in [6, 6.07) is 0. The van der Waals surface area contributed by atoms with Crippen LogP contribution in [0.1, 0.15) is 19.3 Å². The molecule has 5 heteroatoms. The van der Waals surface area contributed by atoms with E-state index in [1.165, 1.54) is 4.90 Å². The number of imide groups is 1. The van der Waals surface area contributed by atoms with Crippen molar-refractivity contribution in [2.24, 2.45) is 23.7 Å². The number of amides is 2. The van der Waals surface area contributed by atoms with Crippen LogP contribution < -0.4 is 0 Å². The average Bonchev–Trinajstić information content (AvgIpc) is 3.07. The molecule has 0 aromatic carbocycles. The van der Waals surface area contributed by atoms with Crippen LogP contribution in [-0.2, 0) is 19.1 Å². The van der Waals surface area contributed by atoms with Crippen molar-refractivity contribution in [3.8, 4) is 0 Å². The fourth-order valence-corrected chi connectivity index (χ4v) is 3.99. The Bertz CT molecular complexity index is 430. The first-order chi connectivity index (χ1) is 9.13. The summed E-state index contributed by atoms with van der Waals surface area (Å²) in [5.41, 5.74) is 0. The maximum absolute atomic E-state index is 12.3. The normalized spacial score (nSPS) is 35.7. The van der Waals surface area contributed by atoms with Crippen LogP contribution in [0, 0.1) is 23.7 Å². The first kappa shape index (κ1) is 12.4. The Labute approximate surface area is 111 Å². The minimum absolute atomic E-state index is 0.0527. The van der Waals surface area contributed by atoms with Gasteiger partial charge in [0.1, 0.15) is 6.61 Å². The van der Waals surface area contributed by atoms with Crippen molar-refractivity contribution in [1.82, 2.24) is 4.90 Å². The smallest absolute Gasteiger partial charge is 0.330 e. The zero-order valence-corrected chi connectivity index (χ0v) is 10.7. The summed E-state index contributed by atoms with van der Waals surface area (Å²) in [4.78, 5) is 36.8. The molecule has 2 saturated carbocycles. The Morgan fingerprint density at radius 3 is 2.37 bits per heavy atom. The number of hydrogen-bond donors (Lipinski definition) is 0. The largest absolute Gasteiger partial charge is 0.461 e. The van der Waals surface area contributed by atoms with Crippen LogP contribution >= 0.6 is 0 Å². The minimum atomic E-state index is -0.528. The SMILES string of the molecule is C=CC(=O)OCCN1C(=O)[C@@H]2[C@@H]3CC[C@@H](C3)[C@@H]2C1=O. The molecule has 5 nitrogen and oxygen atoms in total. The zero-order chi connectivity index (χ0) is 13.6. The number of carbonyl (C=O) groups excluding carboxylic acids is 3. The second kappa shape index (κ2) is 4.47. The van der Waals surface area contributed by atoms with Crippen molar-refractivity contribution in [2.75, 3.05) is 13.2 Å². The van der Waals surface area contributed by atoms with Gasteiger partial charge < -0.3 is 4.74 Å². The molecule has 3 aliphatic rings. The number of nitrogens with zero attached hydrogens (tertiary/aromatic N) is 1. The lowest BCUT2D eigenvalue weighted by molar-refractivity contribution is -0.146. The van der Waals surface area contributed by atoms with Crippen molar-refractivity contribution in [1.29, 1.82) is 0 Å². The molecule has 2 amide bonds. The van der Waals surface area contributed by atoms with E-state index in [0.29, 0.717) is 11.8 Å². The molecule has 0 spiro atoms. The molecule has 2 bridgehead atoms. The lowest BCUT2D eigenvalue weighted by atomic mass is 9.81. The molecule has 4 atom stereocenters. The fraction of sp³-hybridized carbons (Fsp3) is 0.643. The first-order valence-corrected chi connectivity index (χ1v) is 6.78. The molecule has 0 aromatic heterocycles. The van der Waals surface area contributed by atoms with Crippen LogP contribution in [0.15, 0.2) is 12.7 Å². The third-order valence-corrected chi connectivity index (χ3v) is 4.74. The van der Waals surface area contributed by atoms with Crippen LogP contribution in [0.25, 0.3) is 0 Å². The van der Waals surface area contributed by atoms with Gasteiger partial charge in [0, 0.05) is 6.08 Å². The second-order valence-corrected chi connectivity index (χ2v) is 5.58. The van der Waals surface area contributed by atoms with Crippen molar-refractivity contribution in [3.05, 3.63) is 12.7 Å². The summed E-state index contributed by atoms with van der Waals surface area (Å²) in [7, 11) is 0. The lowest BCUT2D eigenvalue weighted by Gasteiger charge is -2.19. The van der Waals surface area contributed by atoms with E-state index < -0.39 is 5.97 Å². The molecule has 1 saturated heterocycles. The van der Waals surface area contributed by atoms with E-state index in [9.17, 15) is 14.4 Å². The van der Waals surface area contributed by atoms with Crippen molar-refractivity contribution < 1.29 is 19.1 Å². The summed E-state index contributed by atoms with van der Waals surface area (Å²) in [5, 5.41) is 0. The number of likely N-dealkylation sites (tertiary alicyclic amines) is 1. The Morgan fingerprint density at radius 2 is 1.84 bits per heavy atom. The number of fused-ring (bicyclic) bond motifs is 5. The summed E-state index contributed by atoms with van der Waals surface area (Å²) in [6.45, 7) is 3.52. The number of hydrogen-bond acceptors (Lipinski definition) is 4. The lowest BCUT2D eigenvalue weighted by Crippen LogP contribution is -2.35. The van der Waals surface area contributed by atoms with Crippen LogP contribution in [0.4, 0.5) is 0 Å². The van der Waals surface area contributed by atoms with Gasteiger partial charge in [0.2, 0.25) is 11.8 Å². The van der Waals surface area contributed by atoms with Gasteiger partial charge in [0.25, 0.3) is 0 Å². The zero-order valence-electron chi connectivity index (χ0n) is 10.7. The van der Waals surface area contributed by atoms with Crippen molar-refractivity contribution in [3.63, 3.8) is 0 Å². The van der Waals surface area contributed by atoms with Crippen LogP contribution in [0.5, 0.6) is 0 Å². The summed E-state index contributed by atoms with van der Waals surface area (Å²) in [6.07, 6.45) is 4.25. The quantitative estimate of drug-likeness (QED) is 0.426. The van der Waals surface area contributed by atoms with Gasteiger partial charge in [-0.1, -0.05) is 6.58 Å². The summed E-state index contributed by atoms with van der Waals surface area (Å²) < 4.78 is 4.84. The molecule has 0 N–H and O–H groups in total. The summed E-state index contributed by atoms with van der Waals surface area (Å²) in [5.74, 6) is -0.0462. The fourth-order valence-electron chi connectivity index (χ4n) is 3.99. The molecule has 1 heterocycles. The standard InChI is InChI=1S/C14H17NO4/c1-2-10(16)19-6-5-15-13(17)11-8-3-4-9(7-8)12(11)14(15)18/h2,8-9,11-12H,1,3-7H2/t8-,9+,11-,12+. The van der Waals surface area contributed by atoms with E-state index in [4.69, 9.17) is 4.74 Å². The number of ether oxygens (including phenoxy) is 1. The molecule has 0 radical (unpaired) electrons. The number of carbonyl (C=O) groups is 3. The molecule has 3 rings (SSSR count). The molecule has 1 aliphatic heterocycles.